The van der Waals surface area contributed by atoms with E-state index in [0.29, 0.717) is 12.3 Å². The summed E-state index contributed by atoms with van der Waals surface area (Å²) in [5.41, 5.74) is 2.59. The number of nitriles is 1. The Labute approximate surface area is 91.1 Å². The van der Waals surface area contributed by atoms with Gasteiger partial charge in [0.2, 0.25) is 0 Å². The van der Waals surface area contributed by atoms with Gasteiger partial charge in [-0.3, -0.25) is 0 Å². The number of hydrogen-bond acceptors (Lipinski definition) is 2. The number of nitrogens with zero attached hydrogens (tertiary/aromatic N) is 2. The lowest BCUT2D eigenvalue weighted by Crippen LogP contribution is -2.13. The summed E-state index contributed by atoms with van der Waals surface area (Å²) >= 11 is 0. The van der Waals surface area contributed by atoms with Gasteiger partial charge in [0.05, 0.1) is 12.5 Å². The van der Waals surface area contributed by atoms with Gasteiger partial charge in [-0.1, -0.05) is 24.3 Å². The Kier molecular flexibility index (Phi) is 3.03. The van der Waals surface area contributed by atoms with Crippen LogP contribution in [0.1, 0.15) is 23.5 Å². The van der Waals surface area contributed by atoms with Gasteiger partial charge < -0.3 is 4.90 Å². The summed E-state index contributed by atoms with van der Waals surface area (Å²) in [6, 6.07) is 10.6. The zero-order valence-corrected chi connectivity index (χ0v) is 9.11. The normalized spacial score (nSPS) is 21.5. The smallest absolute Gasteiger partial charge is 0.0669 e. The lowest BCUT2D eigenvalue weighted by atomic mass is 9.92. The van der Waals surface area contributed by atoms with Crippen molar-refractivity contribution in [2.75, 3.05) is 20.1 Å². The maximum atomic E-state index is 8.78. The molecule has 15 heavy (non-hydrogen) atoms. The molecule has 1 heterocycles. The first-order valence-corrected chi connectivity index (χ1v) is 5.44. The lowest BCUT2D eigenvalue weighted by molar-refractivity contribution is 0.411. The van der Waals surface area contributed by atoms with Gasteiger partial charge in [-0.25, -0.2) is 0 Å². The van der Waals surface area contributed by atoms with Gasteiger partial charge in [-0.05, 0) is 37.1 Å². The van der Waals surface area contributed by atoms with Crippen molar-refractivity contribution in [3.8, 4) is 6.07 Å². The Balaban J connectivity index is 2.23. The van der Waals surface area contributed by atoms with E-state index in [4.69, 9.17) is 5.26 Å². The predicted molar refractivity (Wildman–Crippen MR) is 60.6 cm³/mol. The molecule has 1 unspecified atom stereocenters. The van der Waals surface area contributed by atoms with Gasteiger partial charge >= 0.3 is 0 Å². The van der Waals surface area contributed by atoms with Gasteiger partial charge in [0.1, 0.15) is 0 Å². The van der Waals surface area contributed by atoms with E-state index < -0.39 is 0 Å². The third-order valence-electron chi connectivity index (χ3n) is 3.16. The number of rotatable bonds is 2. The second-order valence-corrected chi connectivity index (χ2v) is 4.28. The fourth-order valence-electron chi connectivity index (χ4n) is 2.37. The van der Waals surface area contributed by atoms with Crippen LogP contribution in [-0.2, 0) is 6.42 Å². The summed E-state index contributed by atoms with van der Waals surface area (Å²) < 4.78 is 0. The first-order valence-electron chi connectivity index (χ1n) is 5.44. The fraction of sp³-hybridized carbons (Fsp3) is 0.462. The third-order valence-corrected chi connectivity index (χ3v) is 3.16. The van der Waals surface area contributed by atoms with Crippen molar-refractivity contribution >= 4 is 0 Å². The molecule has 1 aliphatic rings. The summed E-state index contributed by atoms with van der Waals surface area (Å²) in [5, 5.41) is 8.78. The Morgan fingerprint density at radius 1 is 1.47 bits per heavy atom. The third kappa shape index (κ3) is 2.19. The maximum absolute atomic E-state index is 8.78. The number of hydrogen-bond donors (Lipinski definition) is 0. The van der Waals surface area contributed by atoms with Crippen LogP contribution in [0, 0.1) is 11.3 Å². The molecule has 2 heteroatoms. The van der Waals surface area contributed by atoms with E-state index in [0.717, 1.165) is 6.54 Å². The zero-order chi connectivity index (χ0) is 10.7. The lowest BCUT2D eigenvalue weighted by Gasteiger charge is -2.14. The standard InChI is InChI=1S/C13H16N2/c1-15-9-7-12(10-15)13-5-3-2-4-11(13)6-8-14/h2-5,12H,6-7,9-10H2,1H3. The van der Waals surface area contributed by atoms with Crippen molar-refractivity contribution < 1.29 is 0 Å². The first-order chi connectivity index (χ1) is 7.31. The van der Waals surface area contributed by atoms with E-state index in [1.807, 2.05) is 6.07 Å². The highest BCUT2D eigenvalue weighted by atomic mass is 15.1. The first kappa shape index (κ1) is 10.2. The van der Waals surface area contributed by atoms with Crippen LogP contribution in [0.5, 0.6) is 0 Å². The fourth-order valence-corrected chi connectivity index (χ4v) is 2.37. The molecule has 2 rings (SSSR count). The molecule has 0 bridgehead atoms. The summed E-state index contributed by atoms with van der Waals surface area (Å²) in [6.45, 7) is 2.30. The molecule has 1 saturated heterocycles. The van der Waals surface area contributed by atoms with Crippen molar-refractivity contribution in [3.05, 3.63) is 35.4 Å². The van der Waals surface area contributed by atoms with Crippen LogP contribution in [0.3, 0.4) is 0 Å². The number of likely N-dealkylation sites (tertiary alicyclic amines) is 1. The molecule has 0 amide bonds. The second-order valence-electron chi connectivity index (χ2n) is 4.28. The largest absolute Gasteiger partial charge is 0.306 e. The van der Waals surface area contributed by atoms with E-state index >= 15 is 0 Å². The average Bonchev–Trinajstić information content (AvgIpc) is 2.66. The molecule has 0 radical (unpaired) electrons. The van der Waals surface area contributed by atoms with Crippen molar-refractivity contribution in [1.82, 2.24) is 4.90 Å². The van der Waals surface area contributed by atoms with Crippen molar-refractivity contribution in [3.63, 3.8) is 0 Å². The van der Waals surface area contributed by atoms with Crippen LogP contribution in [0.2, 0.25) is 0 Å². The van der Waals surface area contributed by atoms with Crippen LogP contribution in [0.4, 0.5) is 0 Å². The summed E-state index contributed by atoms with van der Waals surface area (Å²) in [5.74, 6) is 0.625. The second kappa shape index (κ2) is 4.46. The van der Waals surface area contributed by atoms with E-state index in [1.54, 1.807) is 0 Å². The van der Waals surface area contributed by atoms with Gasteiger partial charge in [-0.15, -0.1) is 0 Å². The van der Waals surface area contributed by atoms with Gasteiger partial charge in [0.25, 0.3) is 0 Å². The maximum Gasteiger partial charge on any atom is 0.0669 e. The van der Waals surface area contributed by atoms with Gasteiger partial charge in [0.15, 0.2) is 0 Å². The minimum Gasteiger partial charge on any atom is -0.306 e. The molecule has 1 atom stereocenters. The SMILES string of the molecule is CN1CCC(c2ccccc2CC#N)C1. The Bertz CT molecular complexity index is 378. The Hall–Kier alpha value is -1.33. The van der Waals surface area contributed by atoms with Crippen LogP contribution in [-0.4, -0.2) is 25.0 Å². The molecular formula is C13H16N2. The molecule has 0 saturated carbocycles. The molecule has 1 fully saturated rings. The zero-order valence-electron chi connectivity index (χ0n) is 9.11. The molecule has 1 aliphatic heterocycles. The van der Waals surface area contributed by atoms with E-state index in [2.05, 4.69) is 36.2 Å². The molecule has 1 aromatic rings. The highest BCUT2D eigenvalue weighted by Gasteiger charge is 2.22. The molecule has 0 aliphatic carbocycles. The Morgan fingerprint density at radius 3 is 2.93 bits per heavy atom. The van der Waals surface area contributed by atoms with E-state index in [9.17, 15) is 0 Å². The summed E-state index contributed by atoms with van der Waals surface area (Å²) in [4.78, 5) is 2.35. The molecule has 1 aromatic carbocycles. The van der Waals surface area contributed by atoms with Crippen LogP contribution in [0.25, 0.3) is 0 Å². The summed E-state index contributed by atoms with van der Waals surface area (Å²) in [6.07, 6.45) is 1.76. The van der Waals surface area contributed by atoms with Crippen molar-refractivity contribution in [2.45, 2.75) is 18.8 Å². The molecule has 0 aromatic heterocycles. The van der Waals surface area contributed by atoms with E-state index in [-0.39, 0.29) is 0 Å². The highest BCUT2D eigenvalue weighted by Crippen LogP contribution is 2.28. The molecule has 78 valence electrons. The van der Waals surface area contributed by atoms with E-state index in [1.165, 1.54) is 24.1 Å². The topological polar surface area (TPSA) is 27.0 Å². The van der Waals surface area contributed by atoms with Crippen molar-refractivity contribution in [1.29, 1.82) is 5.26 Å². The van der Waals surface area contributed by atoms with Crippen LogP contribution >= 0.6 is 0 Å². The molecule has 0 N–H and O–H groups in total. The predicted octanol–water partition coefficient (Wildman–Crippen LogP) is 2.17. The van der Waals surface area contributed by atoms with Gasteiger partial charge in [-0.2, -0.15) is 5.26 Å². The number of likely N-dealkylation sites (N-methyl/N-ethyl adjacent to an activating group) is 1. The quantitative estimate of drug-likeness (QED) is 0.731. The molecule has 0 spiro atoms. The minimum absolute atomic E-state index is 0.538. The van der Waals surface area contributed by atoms with Gasteiger partial charge in [0, 0.05) is 6.54 Å². The Morgan fingerprint density at radius 2 is 2.27 bits per heavy atom. The highest BCUT2D eigenvalue weighted by molar-refractivity contribution is 5.33. The summed E-state index contributed by atoms with van der Waals surface area (Å²) in [7, 11) is 2.16. The molecular weight excluding hydrogens is 184 g/mol. The van der Waals surface area contributed by atoms with Crippen LogP contribution in [0.15, 0.2) is 24.3 Å². The minimum atomic E-state index is 0.538. The number of benzene rings is 1. The average molecular weight is 200 g/mol. The monoisotopic (exact) mass is 200 g/mol. The van der Waals surface area contributed by atoms with Crippen molar-refractivity contribution in [2.24, 2.45) is 0 Å². The molecule has 2 nitrogen and oxygen atoms in total. The van der Waals surface area contributed by atoms with Crippen LogP contribution < -0.4 is 0 Å².